The monoisotopic (exact) mass is 332 g/mol. The van der Waals surface area contributed by atoms with E-state index < -0.39 is 0 Å². The van der Waals surface area contributed by atoms with Gasteiger partial charge in [0.15, 0.2) is 0 Å². The van der Waals surface area contributed by atoms with E-state index in [-0.39, 0.29) is 11.7 Å². The predicted octanol–water partition coefficient (Wildman–Crippen LogP) is 3.53. The summed E-state index contributed by atoms with van der Waals surface area (Å²) in [6.45, 7) is 4.47. The maximum atomic E-state index is 13.0. The molecule has 1 saturated heterocycles. The second-order valence-electron chi connectivity index (χ2n) is 7.54. The predicted molar refractivity (Wildman–Crippen MR) is 94.3 cm³/mol. The summed E-state index contributed by atoms with van der Waals surface area (Å²) in [4.78, 5) is 14.3. The molecule has 2 fully saturated rings. The van der Waals surface area contributed by atoms with Crippen molar-refractivity contribution in [2.45, 2.75) is 64.0 Å². The highest BCUT2D eigenvalue weighted by Gasteiger charge is 2.25. The first-order valence-electron chi connectivity index (χ1n) is 9.38. The van der Waals surface area contributed by atoms with Gasteiger partial charge in [-0.2, -0.15) is 0 Å². The first kappa shape index (κ1) is 17.4. The number of carbonyl (C=O) groups excluding carboxylic acids is 1. The third-order valence-electron chi connectivity index (χ3n) is 5.44. The zero-order valence-corrected chi connectivity index (χ0v) is 14.6. The van der Waals surface area contributed by atoms with Crippen molar-refractivity contribution in [3.63, 3.8) is 0 Å². The number of piperidine rings is 1. The van der Waals surface area contributed by atoms with Gasteiger partial charge < -0.3 is 10.2 Å². The lowest BCUT2D eigenvalue weighted by Crippen LogP contribution is -2.41. The Morgan fingerprint density at radius 2 is 1.88 bits per heavy atom. The third kappa shape index (κ3) is 5.30. The van der Waals surface area contributed by atoms with Gasteiger partial charge in [0, 0.05) is 18.5 Å². The molecule has 132 valence electrons. The summed E-state index contributed by atoms with van der Waals surface area (Å²) in [6.07, 6.45) is 7.38. The fraction of sp³-hybridized carbons (Fsp3) is 0.650. The number of carbonyl (C=O) groups is 1. The molecule has 3 rings (SSSR count). The molecule has 1 unspecified atom stereocenters. The molecule has 24 heavy (non-hydrogen) atoms. The van der Waals surface area contributed by atoms with E-state index in [1.807, 2.05) is 12.1 Å². The summed E-state index contributed by atoms with van der Waals surface area (Å²) < 4.78 is 13.0. The molecule has 1 aromatic rings. The number of halogens is 1. The van der Waals surface area contributed by atoms with Crippen LogP contribution in [-0.2, 0) is 11.2 Å². The van der Waals surface area contributed by atoms with Crippen LogP contribution in [0.25, 0.3) is 0 Å². The summed E-state index contributed by atoms with van der Waals surface area (Å²) in [5.74, 6) is 0.756. The molecule has 1 atom stereocenters. The molecule has 0 aromatic heterocycles. The SMILES string of the molecule is CC(Cc1ccc(F)cc1)N1CCC(CCC(=O)NC2CC2)CC1. The molecule has 1 saturated carbocycles. The van der Waals surface area contributed by atoms with E-state index in [9.17, 15) is 9.18 Å². The Balaban J connectivity index is 1.36. The minimum atomic E-state index is -0.169. The highest BCUT2D eigenvalue weighted by molar-refractivity contribution is 5.76. The van der Waals surface area contributed by atoms with Gasteiger partial charge in [-0.05, 0) is 82.2 Å². The van der Waals surface area contributed by atoms with Crippen molar-refractivity contribution in [3.05, 3.63) is 35.6 Å². The minimum Gasteiger partial charge on any atom is -0.353 e. The van der Waals surface area contributed by atoms with Gasteiger partial charge in [0.05, 0.1) is 0 Å². The van der Waals surface area contributed by atoms with Gasteiger partial charge in [-0.3, -0.25) is 4.79 Å². The van der Waals surface area contributed by atoms with Crippen LogP contribution in [0.15, 0.2) is 24.3 Å². The summed E-state index contributed by atoms with van der Waals surface area (Å²) in [5.41, 5.74) is 1.20. The van der Waals surface area contributed by atoms with Gasteiger partial charge in [0.2, 0.25) is 5.91 Å². The third-order valence-corrected chi connectivity index (χ3v) is 5.44. The van der Waals surface area contributed by atoms with Crippen molar-refractivity contribution in [1.29, 1.82) is 0 Å². The smallest absolute Gasteiger partial charge is 0.220 e. The molecule has 1 aromatic carbocycles. The molecule has 0 radical (unpaired) electrons. The molecule has 1 N–H and O–H groups in total. The van der Waals surface area contributed by atoms with Crippen molar-refractivity contribution in [3.8, 4) is 0 Å². The van der Waals surface area contributed by atoms with E-state index >= 15 is 0 Å². The van der Waals surface area contributed by atoms with Crippen molar-refractivity contribution in [2.24, 2.45) is 5.92 Å². The van der Waals surface area contributed by atoms with E-state index in [1.54, 1.807) is 12.1 Å². The second kappa shape index (κ2) is 8.11. The molecular weight excluding hydrogens is 303 g/mol. The standard InChI is InChI=1S/C20H29FN2O/c1-15(14-17-2-5-18(21)6-3-17)23-12-10-16(11-13-23)4-9-20(24)22-19-7-8-19/h2-3,5-6,15-16,19H,4,7-14H2,1H3,(H,22,24). The van der Waals surface area contributed by atoms with Gasteiger partial charge in [-0.15, -0.1) is 0 Å². The summed E-state index contributed by atoms with van der Waals surface area (Å²) in [7, 11) is 0. The van der Waals surface area contributed by atoms with E-state index in [1.165, 1.54) is 18.4 Å². The Morgan fingerprint density at radius 3 is 2.50 bits per heavy atom. The van der Waals surface area contributed by atoms with Crippen LogP contribution in [0.1, 0.15) is 51.0 Å². The molecule has 2 aliphatic rings. The van der Waals surface area contributed by atoms with Crippen LogP contribution in [0.4, 0.5) is 4.39 Å². The maximum Gasteiger partial charge on any atom is 0.220 e. The van der Waals surface area contributed by atoms with E-state index in [0.717, 1.165) is 38.8 Å². The molecule has 1 aliphatic carbocycles. The number of benzene rings is 1. The maximum absolute atomic E-state index is 13.0. The summed E-state index contributed by atoms with van der Waals surface area (Å²) in [5, 5.41) is 3.08. The first-order valence-corrected chi connectivity index (χ1v) is 9.38. The van der Waals surface area contributed by atoms with Gasteiger partial charge in [-0.25, -0.2) is 4.39 Å². The molecule has 1 amide bonds. The number of nitrogens with zero attached hydrogens (tertiary/aromatic N) is 1. The average Bonchev–Trinajstić information content (AvgIpc) is 3.39. The van der Waals surface area contributed by atoms with Gasteiger partial charge in [0.25, 0.3) is 0 Å². The van der Waals surface area contributed by atoms with Crippen molar-refractivity contribution in [2.75, 3.05) is 13.1 Å². The van der Waals surface area contributed by atoms with Crippen LogP contribution >= 0.6 is 0 Å². The number of amides is 1. The van der Waals surface area contributed by atoms with Crippen LogP contribution in [0.3, 0.4) is 0 Å². The van der Waals surface area contributed by atoms with Crippen molar-refractivity contribution < 1.29 is 9.18 Å². The number of nitrogens with one attached hydrogen (secondary N) is 1. The first-order chi connectivity index (χ1) is 11.6. The van der Waals surface area contributed by atoms with Crippen LogP contribution in [0, 0.1) is 11.7 Å². The van der Waals surface area contributed by atoms with Crippen LogP contribution < -0.4 is 5.32 Å². The normalized spacial score (nSPS) is 20.8. The molecule has 3 nitrogen and oxygen atoms in total. The van der Waals surface area contributed by atoms with Gasteiger partial charge >= 0.3 is 0 Å². The van der Waals surface area contributed by atoms with Crippen molar-refractivity contribution >= 4 is 5.91 Å². The number of likely N-dealkylation sites (tertiary alicyclic amines) is 1. The zero-order valence-electron chi connectivity index (χ0n) is 14.6. The number of rotatable bonds is 7. The molecule has 1 heterocycles. The molecule has 4 heteroatoms. The summed E-state index contributed by atoms with van der Waals surface area (Å²) >= 11 is 0. The Bertz CT molecular complexity index is 533. The van der Waals surface area contributed by atoms with Crippen LogP contribution in [0.5, 0.6) is 0 Å². The largest absolute Gasteiger partial charge is 0.353 e. The Kier molecular flexibility index (Phi) is 5.88. The van der Waals surface area contributed by atoms with E-state index in [0.29, 0.717) is 24.4 Å². The number of hydrogen-bond acceptors (Lipinski definition) is 2. The average molecular weight is 332 g/mol. The number of hydrogen-bond donors (Lipinski definition) is 1. The molecular formula is C20H29FN2O. The van der Waals surface area contributed by atoms with Crippen molar-refractivity contribution in [1.82, 2.24) is 10.2 Å². The Morgan fingerprint density at radius 1 is 1.21 bits per heavy atom. The fourth-order valence-corrected chi connectivity index (χ4v) is 3.64. The van der Waals surface area contributed by atoms with Gasteiger partial charge in [0.1, 0.15) is 5.82 Å². The van der Waals surface area contributed by atoms with E-state index in [4.69, 9.17) is 0 Å². The molecule has 0 spiro atoms. The zero-order chi connectivity index (χ0) is 16.9. The van der Waals surface area contributed by atoms with Crippen LogP contribution in [0.2, 0.25) is 0 Å². The lowest BCUT2D eigenvalue weighted by molar-refractivity contribution is -0.121. The van der Waals surface area contributed by atoms with E-state index in [2.05, 4.69) is 17.1 Å². The highest BCUT2D eigenvalue weighted by Crippen LogP contribution is 2.25. The Hall–Kier alpha value is -1.42. The van der Waals surface area contributed by atoms with Crippen LogP contribution in [-0.4, -0.2) is 36.0 Å². The summed E-state index contributed by atoms with van der Waals surface area (Å²) in [6, 6.07) is 7.82. The highest BCUT2D eigenvalue weighted by atomic mass is 19.1. The Labute approximate surface area is 144 Å². The molecule has 1 aliphatic heterocycles. The lowest BCUT2D eigenvalue weighted by atomic mass is 9.91. The minimum absolute atomic E-state index is 0.169. The fourth-order valence-electron chi connectivity index (χ4n) is 3.64. The van der Waals surface area contributed by atoms with Gasteiger partial charge in [-0.1, -0.05) is 12.1 Å². The molecule has 0 bridgehead atoms. The second-order valence-corrected chi connectivity index (χ2v) is 7.54. The lowest BCUT2D eigenvalue weighted by Gasteiger charge is -2.36. The quantitative estimate of drug-likeness (QED) is 0.828. The topological polar surface area (TPSA) is 32.3 Å².